The first-order valence-corrected chi connectivity index (χ1v) is 6.92. The Kier molecular flexibility index (Phi) is 6.32. The van der Waals surface area contributed by atoms with E-state index < -0.39 is 0 Å². The maximum Gasteiger partial charge on any atom is 0.224 e. The molecular weight excluding hydrogens is 240 g/mol. The maximum absolute atomic E-state index is 12.3. The van der Waals surface area contributed by atoms with Gasteiger partial charge in [0.1, 0.15) is 0 Å². The van der Waals surface area contributed by atoms with Gasteiger partial charge in [-0.1, -0.05) is 19.3 Å². The quantitative estimate of drug-likeness (QED) is 0.788. The summed E-state index contributed by atoms with van der Waals surface area (Å²) < 4.78 is 0. The Morgan fingerprint density at radius 3 is 2.11 bits per heavy atom. The standard InChI is InChI=1S/C14H22N4O/c15-8-4-10-18(11-5-9-16)13(19)12-14(17)6-2-1-3-7-14/h1-7,10-12,17H2. The molecule has 1 saturated carbocycles. The molecule has 1 aliphatic carbocycles. The number of amides is 1. The number of hydrogen-bond acceptors (Lipinski definition) is 4. The Balaban J connectivity index is 2.54. The highest BCUT2D eigenvalue weighted by atomic mass is 16.2. The van der Waals surface area contributed by atoms with Gasteiger partial charge in [0.2, 0.25) is 5.91 Å². The van der Waals surface area contributed by atoms with Gasteiger partial charge in [-0.15, -0.1) is 0 Å². The molecule has 0 saturated heterocycles. The molecule has 0 bridgehead atoms. The molecule has 0 atom stereocenters. The fourth-order valence-electron chi connectivity index (χ4n) is 2.58. The summed E-state index contributed by atoms with van der Waals surface area (Å²) in [7, 11) is 0. The van der Waals surface area contributed by atoms with E-state index in [2.05, 4.69) is 0 Å². The van der Waals surface area contributed by atoms with Crippen molar-refractivity contribution >= 4 is 5.91 Å². The molecule has 2 N–H and O–H groups in total. The Bertz CT molecular complexity index is 356. The van der Waals surface area contributed by atoms with Crippen molar-refractivity contribution in [2.45, 2.75) is 56.9 Å². The summed E-state index contributed by atoms with van der Waals surface area (Å²) in [6, 6.07) is 4.07. The van der Waals surface area contributed by atoms with Crippen LogP contribution in [0.2, 0.25) is 0 Å². The van der Waals surface area contributed by atoms with E-state index in [0.717, 1.165) is 25.7 Å². The summed E-state index contributed by atoms with van der Waals surface area (Å²) >= 11 is 0. The van der Waals surface area contributed by atoms with Crippen molar-refractivity contribution in [2.75, 3.05) is 13.1 Å². The van der Waals surface area contributed by atoms with Crippen molar-refractivity contribution in [1.29, 1.82) is 10.5 Å². The molecule has 0 radical (unpaired) electrons. The predicted octanol–water partition coefficient (Wildman–Crippen LogP) is 1.69. The van der Waals surface area contributed by atoms with Crippen molar-refractivity contribution in [3.05, 3.63) is 0 Å². The molecule has 1 amide bonds. The fraction of sp³-hybridized carbons (Fsp3) is 0.786. The van der Waals surface area contributed by atoms with Gasteiger partial charge in [-0.2, -0.15) is 10.5 Å². The van der Waals surface area contributed by atoms with Gasteiger partial charge in [-0.25, -0.2) is 0 Å². The minimum Gasteiger partial charge on any atom is -0.341 e. The van der Waals surface area contributed by atoms with E-state index in [4.69, 9.17) is 16.3 Å². The van der Waals surface area contributed by atoms with Crippen LogP contribution in [0.3, 0.4) is 0 Å². The SMILES string of the molecule is N#CCCN(CCC#N)C(=O)CC1(N)CCCCC1. The zero-order valence-electron chi connectivity index (χ0n) is 11.4. The van der Waals surface area contributed by atoms with Crippen LogP contribution in [0.15, 0.2) is 0 Å². The lowest BCUT2D eigenvalue weighted by Crippen LogP contribution is -2.47. The van der Waals surface area contributed by atoms with E-state index in [-0.39, 0.29) is 11.4 Å². The van der Waals surface area contributed by atoms with Crippen LogP contribution in [-0.4, -0.2) is 29.4 Å². The first-order valence-electron chi connectivity index (χ1n) is 6.92. The van der Waals surface area contributed by atoms with Gasteiger partial charge in [0, 0.05) is 25.0 Å². The first kappa shape index (κ1) is 15.5. The molecule has 0 aromatic rings. The van der Waals surface area contributed by atoms with E-state index >= 15 is 0 Å². The molecule has 0 aliphatic heterocycles. The molecule has 104 valence electrons. The molecule has 0 aromatic carbocycles. The summed E-state index contributed by atoms with van der Waals surface area (Å²) in [4.78, 5) is 13.9. The van der Waals surface area contributed by atoms with Crippen molar-refractivity contribution < 1.29 is 4.79 Å². The average Bonchev–Trinajstić information content (AvgIpc) is 2.39. The number of nitrogens with two attached hydrogens (primary N) is 1. The van der Waals surface area contributed by atoms with E-state index in [1.165, 1.54) is 6.42 Å². The summed E-state index contributed by atoms with van der Waals surface area (Å²) in [6.45, 7) is 0.792. The second-order valence-electron chi connectivity index (χ2n) is 5.30. The highest BCUT2D eigenvalue weighted by Crippen LogP contribution is 2.29. The summed E-state index contributed by atoms with van der Waals surface area (Å²) in [5.41, 5.74) is 5.90. The van der Waals surface area contributed by atoms with Gasteiger partial charge in [-0.05, 0) is 12.8 Å². The summed E-state index contributed by atoms with van der Waals surface area (Å²) in [6.07, 6.45) is 6.08. The lowest BCUT2D eigenvalue weighted by molar-refractivity contribution is -0.132. The monoisotopic (exact) mass is 262 g/mol. The van der Waals surface area contributed by atoms with Crippen LogP contribution in [0.4, 0.5) is 0 Å². The average molecular weight is 262 g/mol. The minimum atomic E-state index is -0.382. The van der Waals surface area contributed by atoms with Crippen LogP contribution in [0.5, 0.6) is 0 Å². The van der Waals surface area contributed by atoms with E-state index in [1.54, 1.807) is 4.90 Å². The van der Waals surface area contributed by atoms with E-state index in [9.17, 15) is 4.79 Å². The zero-order valence-corrected chi connectivity index (χ0v) is 11.4. The number of nitriles is 2. The summed E-state index contributed by atoms with van der Waals surface area (Å²) in [5.74, 6) is -0.0186. The van der Waals surface area contributed by atoms with Crippen molar-refractivity contribution in [2.24, 2.45) is 5.73 Å². The number of nitrogens with zero attached hydrogens (tertiary/aromatic N) is 3. The second-order valence-corrected chi connectivity index (χ2v) is 5.30. The maximum atomic E-state index is 12.3. The number of rotatable bonds is 6. The van der Waals surface area contributed by atoms with Gasteiger partial charge in [0.15, 0.2) is 0 Å². The summed E-state index contributed by atoms with van der Waals surface area (Å²) in [5, 5.41) is 17.2. The normalized spacial score (nSPS) is 17.2. The Morgan fingerprint density at radius 1 is 1.11 bits per heavy atom. The highest BCUT2D eigenvalue weighted by Gasteiger charge is 2.31. The van der Waals surface area contributed by atoms with Gasteiger partial charge in [0.05, 0.1) is 25.0 Å². The first-order chi connectivity index (χ1) is 9.11. The molecule has 0 unspecified atom stereocenters. The zero-order chi connectivity index (χ0) is 14.1. The molecule has 5 heteroatoms. The molecular formula is C14H22N4O. The molecule has 0 heterocycles. The van der Waals surface area contributed by atoms with Crippen molar-refractivity contribution in [3.8, 4) is 12.1 Å². The largest absolute Gasteiger partial charge is 0.341 e. The van der Waals surface area contributed by atoms with Gasteiger partial charge < -0.3 is 10.6 Å². The number of carbonyl (C=O) groups excluding carboxylic acids is 1. The molecule has 0 spiro atoms. The highest BCUT2D eigenvalue weighted by molar-refractivity contribution is 5.77. The van der Waals surface area contributed by atoms with Crippen LogP contribution in [0, 0.1) is 22.7 Å². The second kappa shape index (κ2) is 7.76. The molecule has 1 fully saturated rings. The Hall–Kier alpha value is -1.59. The van der Waals surface area contributed by atoms with Crippen LogP contribution in [0.1, 0.15) is 51.4 Å². The molecule has 5 nitrogen and oxygen atoms in total. The van der Waals surface area contributed by atoms with Gasteiger partial charge in [-0.3, -0.25) is 4.79 Å². The third-order valence-electron chi connectivity index (χ3n) is 3.69. The van der Waals surface area contributed by atoms with Crippen LogP contribution in [0.25, 0.3) is 0 Å². The van der Waals surface area contributed by atoms with Crippen LogP contribution in [-0.2, 0) is 4.79 Å². The lowest BCUT2D eigenvalue weighted by Gasteiger charge is -2.34. The van der Waals surface area contributed by atoms with Gasteiger partial charge in [0.25, 0.3) is 0 Å². The molecule has 19 heavy (non-hydrogen) atoms. The minimum absolute atomic E-state index is 0.0186. The predicted molar refractivity (Wildman–Crippen MR) is 71.7 cm³/mol. The van der Waals surface area contributed by atoms with E-state index in [0.29, 0.717) is 32.4 Å². The third-order valence-corrected chi connectivity index (χ3v) is 3.69. The topological polar surface area (TPSA) is 93.9 Å². The lowest BCUT2D eigenvalue weighted by atomic mass is 9.80. The van der Waals surface area contributed by atoms with Crippen molar-refractivity contribution in [3.63, 3.8) is 0 Å². The van der Waals surface area contributed by atoms with Crippen molar-refractivity contribution in [1.82, 2.24) is 4.90 Å². The van der Waals surface area contributed by atoms with Crippen LogP contribution < -0.4 is 5.73 Å². The molecule has 0 aromatic heterocycles. The molecule has 1 aliphatic rings. The Labute approximate surface area is 115 Å². The number of carbonyl (C=O) groups is 1. The van der Waals surface area contributed by atoms with Gasteiger partial charge >= 0.3 is 0 Å². The third kappa shape index (κ3) is 5.28. The number of hydrogen-bond donors (Lipinski definition) is 1. The fourth-order valence-corrected chi connectivity index (χ4v) is 2.58. The van der Waals surface area contributed by atoms with Crippen LogP contribution >= 0.6 is 0 Å². The smallest absolute Gasteiger partial charge is 0.224 e. The molecule has 1 rings (SSSR count). The Morgan fingerprint density at radius 2 is 1.63 bits per heavy atom. The van der Waals surface area contributed by atoms with E-state index in [1.807, 2.05) is 12.1 Å².